The third kappa shape index (κ3) is 7.93. The van der Waals surface area contributed by atoms with Crippen LogP contribution in [0, 0.1) is 0 Å². The van der Waals surface area contributed by atoms with E-state index in [0.717, 1.165) is 68.5 Å². The first-order valence-corrected chi connectivity index (χ1v) is 11.3. The molecule has 6 nitrogen and oxygen atoms in total. The van der Waals surface area contributed by atoms with Gasteiger partial charge < -0.3 is 20.1 Å². The largest absolute Gasteiger partial charge is 0.493 e. The molecule has 0 fully saturated rings. The molecular formula is C22H34N4O2S. The zero-order chi connectivity index (χ0) is 20.9. The van der Waals surface area contributed by atoms with Gasteiger partial charge in [0.25, 0.3) is 0 Å². The number of guanidine groups is 1. The Morgan fingerprint density at radius 2 is 2.00 bits per heavy atom. The van der Waals surface area contributed by atoms with Crippen molar-refractivity contribution in [3.8, 4) is 11.5 Å². The average molecular weight is 419 g/mol. The third-order valence-electron chi connectivity index (χ3n) is 4.34. The van der Waals surface area contributed by atoms with Gasteiger partial charge in [-0.15, -0.1) is 11.3 Å². The molecule has 0 saturated heterocycles. The number of hydrogen-bond acceptors (Lipinski definition) is 5. The number of methoxy groups -OCH3 is 1. The molecule has 0 aliphatic carbocycles. The van der Waals surface area contributed by atoms with Gasteiger partial charge in [-0.2, -0.15) is 0 Å². The minimum Gasteiger partial charge on any atom is -0.493 e. The number of benzene rings is 1. The van der Waals surface area contributed by atoms with Crippen molar-refractivity contribution in [3.63, 3.8) is 0 Å². The van der Waals surface area contributed by atoms with Crippen molar-refractivity contribution in [1.29, 1.82) is 0 Å². The Hall–Kier alpha value is -2.28. The molecule has 7 heteroatoms. The molecule has 2 rings (SSSR count). The van der Waals surface area contributed by atoms with Gasteiger partial charge in [0, 0.05) is 31.4 Å². The SMILES string of the molecule is CCNC(=NCCCc1ccc(OC)c(OCC)c1)NCCc1csc(CC)n1. The van der Waals surface area contributed by atoms with Crippen molar-refractivity contribution in [2.75, 3.05) is 33.4 Å². The fourth-order valence-electron chi connectivity index (χ4n) is 2.90. The Morgan fingerprint density at radius 1 is 1.14 bits per heavy atom. The molecule has 0 spiro atoms. The third-order valence-corrected chi connectivity index (χ3v) is 5.38. The Kier molecular flexibility index (Phi) is 10.3. The van der Waals surface area contributed by atoms with Gasteiger partial charge in [-0.25, -0.2) is 4.98 Å². The second-order valence-corrected chi connectivity index (χ2v) is 7.49. The van der Waals surface area contributed by atoms with Gasteiger partial charge >= 0.3 is 0 Å². The van der Waals surface area contributed by atoms with E-state index < -0.39 is 0 Å². The molecule has 0 amide bonds. The van der Waals surface area contributed by atoms with Crippen LogP contribution in [-0.4, -0.2) is 44.3 Å². The maximum absolute atomic E-state index is 5.66. The molecule has 0 bridgehead atoms. The molecule has 0 radical (unpaired) electrons. The van der Waals surface area contributed by atoms with Crippen LogP contribution >= 0.6 is 11.3 Å². The van der Waals surface area contributed by atoms with Gasteiger partial charge in [0.2, 0.25) is 0 Å². The molecule has 0 aliphatic heterocycles. The van der Waals surface area contributed by atoms with E-state index in [1.165, 1.54) is 10.6 Å². The van der Waals surface area contributed by atoms with Gasteiger partial charge in [0.15, 0.2) is 17.5 Å². The van der Waals surface area contributed by atoms with Crippen LogP contribution in [0.3, 0.4) is 0 Å². The van der Waals surface area contributed by atoms with E-state index in [1.54, 1.807) is 18.4 Å². The summed E-state index contributed by atoms with van der Waals surface area (Å²) in [7, 11) is 1.67. The van der Waals surface area contributed by atoms with E-state index in [2.05, 4.69) is 47.0 Å². The van der Waals surface area contributed by atoms with Crippen molar-refractivity contribution in [2.24, 2.45) is 4.99 Å². The van der Waals surface area contributed by atoms with Gasteiger partial charge in [-0.05, 0) is 50.8 Å². The van der Waals surface area contributed by atoms with E-state index in [0.29, 0.717) is 6.61 Å². The standard InChI is InChI=1S/C22H34N4O2S/c1-5-21-26-18(16-29-21)12-14-25-22(23-6-2)24-13-8-9-17-10-11-19(27-4)20(15-17)28-7-3/h10-11,15-16H,5-9,12-14H2,1-4H3,(H2,23,24,25). The zero-order valence-electron chi connectivity index (χ0n) is 18.1. The molecule has 29 heavy (non-hydrogen) atoms. The number of aryl methyl sites for hydroxylation is 2. The lowest BCUT2D eigenvalue weighted by Gasteiger charge is -2.12. The van der Waals surface area contributed by atoms with E-state index in [1.807, 2.05) is 13.0 Å². The van der Waals surface area contributed by atoms with Crippen molar-refractivity contribution in [1.82, 2.24) is 15.6 Å². The normalized spacial score (nSPS) is 11.4. The topological polar surface area (TPSA) is 67.8 Å². The Balaban J connectivity index is 1.79. The van der Waals surface area contributed by atoms with Crippen LogP contribution in [0.15, 0.2) is 28.6 Å². The summed E-state index contributed by atoms with van der Waals surface area (Å²) < 4.78 is 11.0. The van der Waals surface area contributed by atoms with Gasteiger partial charge in [0.05, 0.1) is 24.4 Å². The maximum Gasteiger partial charge on any atom is 0.191 e. The molecular weight excluding hydrogens is 384 g/mol. The molecule has 1 heterocycles. The molecule has 2 N–H and O–H groups in total. The first-order chi connectivity index (χ1) is 14.2. The first-order valence-electron chi connectivity index (χ1n) is 10.4. The lowest BCUT2D eigenvalue weighted by Crippen LogP contribution is -2.38. The van der Waals surface area contributed by atoms with Crippen molar-refractivity contribution >= 4 is 17.3 Å². The summed E-state index contributed by atoms with van der Waals surface area (Å²) in [6.45, 7) is 9.27. The summed E-state index contributed by atoms with van der Waals surface area (Å²) >= 11 is 1.74. The lowest BCUT2D eigenvalue weighted by atomic mass is 10.1. The Labute approximate surface area is 178 Å². The highest BCUT2D eigenvalue weighted by Crippen LogP contribution is 2.28. The summed E-state index contributed by atoms with van der Waals surface area (Å²) in [6, 6.07) is 6.12. The van der Waals surface area contributed by atoms with Crippen LogP contribution in [-0.2, 0) is 19.3 Å². The zero-order valence-corrected chi connectivity index (χ0v) is 18.9. The predicted octanol–water partition coefficient (Wildman–Crippen LogP) is 3.84. The number of nitrogens with one attached hydrogen (secondary N) is 2. The second-order valence-electron chi connectivity index (χ2n) is 6.55. The Bertz CT molecular complexity index is 761. The predicted molar refractivity (Wildman–Crippen MR) is 122 cm³/mol. The molecule has 0 unspecified atom stereocenters. The Morgan fingerprint density at radius 3 is 2.69 bits per heavy atom. The first kappa shape index (κ1) is 23.0. The molecule has 2 aromatic rings. The van der Waals surface area contributed by atoms with Crippen LogP contribution in [0.2, 0.25) is 0 Å². The number of nitrogens with zero attached hydrogens (tertiary/aromatic N) is 2. The smallest absolute Gasteiger partial charge is 0.191 e. The van der Waals surface area contributed by atoms with Crippen molar-refractivity contribution in [2.45, 2.75) is 46.5 Å². The fourth-order valence-corrected chi connectivity index (χ4v) is 3.68. The maximum atomic E-state index is 5.66. The van der Waals surface area contributed by atoms with E-state index >= 15 is 0 Å². The van der Waals surface area contributed by atoms with Gasteiger partial charge in [-0.3, -0.25) is 4.99 Å². The molecule has 0 atom stereocenters. The number of rotatable bonds is 12. The summed E-state index contributed by atoms with van der Waals surface area (Å²) in [6.07, 6.45) is 3.83. The van der Waals surface area contributed by atoms with Crippen LogP contribution in [0.4, 0.5) is 0 Å². The highest BCUT2D eigenvalue weighted by Gasteiger charge is 2.06. The fraction of sp³-hybridized carbons (Fsp3) is 0.545. The number of aromatic nitrogens is 1. The van der Waals surface area contributed by atoms with Gasteiger partial charge in [0.1, 0.15) is 0 Å². The summed E-state index contributed by atoms with van der Waals surface area (Å²) in [4.78, 5) is 9.31. The van der Waals surface area contributed by atoms with Crippen LogP contribution in [0.1, 0.15) is 43.5 Å². The average Bonchev–Trinajstić information content (AvgIpc) is 3.19. The number of aliphatic imine (C=N–C) groups is 1. The highest BCUT2D eigenvalue weighted by molar-refractivity contribution is 7.09. The monoisotopic (exact) mass is 418 g/mol. The molecule has 1 aromatic heterocycles. The quantitative estimate of drug-likeness (QED) is 0.311. The van der Waals surface area contributed by atoms with E-state index in [9.17, 15) is 0 Å². The van der Waals surface area contributed by atoms with Crippen LogP contribution in [0.25, 0.3) is 0 Å². The molecule has 1 aromatic carbocycles. The lowest BCUT2D eigenvalue weighted by molar-refractivity contribution is 0.310. The van der Waals surface area contributed by atoms with E-state index in [4.69, 9.17) is 14.5 Å². The number of hydrogen-bond donors (Lipinski definition) is 2. The summed E-state index contributed by atoms with van der Waals surface area (Å²) in [5, 5.41) is 10.1. The number of ether oxygens (including phenoxy) is 2. The van der Waals surface area contributed by atoms with Crippen molar-refractivity contribution in [3.05, 3.63) is 39.8 Å². The summed E-state index contributed by atoms with van der Waals surface area (Å²) in [5.74, 6) is 2.45. The minimum absolute atomic E-state index is 0.627. The molecule has 0 saturated carbocycles. The van der Waals surface area contributed by atoms with Crippen LogP contribution in [0.5, 0.6) is 11.5 Å². The van der Waals surface area contributed by atoms with E-state index in [-0.39, 0.29) is 0 Å². The second kappa shape index (κ2) is 13.0. The minimum atomic E-state index is 0.627. The summed E-state index contributed by atoms with van der Waals surface area (Å²) in [5.41, 5.74) is 2.39. The highest BCUT2D eigenvalue weighted by atomic mass is 32.1. The van der Waals surface area contributed by atoms with Gasteiger partial charge in [-0.1, -0.05) is 13.0 Å². The molecule has 0 aliphatic rings. The van der Waals surface area contributed by atoms with Crippen LogP contribution < -0.4 is 20.1 Å². The number of thiazole rings is 1. The molecule has 160 valence electrons. The van der Waals surface area contributed by atoms with Crippen molar-refractivity contribution < 1.29 is 9.47 Å².